The van der Waals surface area contributed by atoms with Crippen LogP contribution in [0.4, 0.5) is 0 Å². The van der Waals surface area contributed by atoms with E-state index in [-0.39, 0.29) is 0 Å². The summed E-state index contributed by atoms with van der Waals surface area (Å²) in [6, 6.07) is 3.62. The van der Waals surface area contributed by atoms with Gasteiger partial charge in [-0.3, -0.25) is 0 Å². The van der Waals surface area contributed by atoms with E-state index in [1.165, 1.54) is 0 Å². The van der Waals surface area contributed by atoms with E-state index in [1.54, 1.807) is 20.3 Å². The Hall–Kier alpha value is -0.740. The van der Waals surface area contributed by atoms with Gasteiger partial charge < -0.3 is 14.6 Å². The number of hydrogen-bond acceptors (Lipinski definition) is 3. The first-order valence-electron chi connectivity index (χ1n) is 4.74. The second kappa shape index (κ2) is 5.37. The molecule has 0 aliphatic rings. The fraction of sp³-hybridized carbons (Fsp3) is 0.455. The fourth-order valence-electron chi connectivity index (χ4n) is 1.38. The SMILES string of the molecule is CCC(O)c1ccc(OC)c(OC)c1Br. The molecule has 15 heavy (non-hydrogen) atoms. The highest BCUT2D eigenvalue weighted by Crippen LogP contribution is 2.40. The number of ether oxygens (including phenoxy) is 2. The molecule has 84 valence electrons. The summed E-state index contributed by atoms with van der Waals surface area (Å²) in [6.07, 6.45) is 0.174. The van der Waals surface area contributed by atoms with Crippen LogP contribution in [0, 0.1) is 0 Å². The number of hydrogen-bond donors (Lipinski definition) is 1. The molecule has 0 aromatic heterocycles. The molecule has 1 rings (SSSR count). The zero-order valence-electron chi connectivity index (χ0n) is 9.08. The standard InChI is InChI=1S/C11H15BrO3/c1-4-8(13)7-5-6-9(14-2)11(15-3)10(7)12/h5-6,8,13H,4H2,1-3H3. The molecular weight excluding hydrogens is 260 g/mol. The van der Waals surface area contributed by atoms with E-state index >= 15 is 0 Å². The van der Waals surface area contributed by atoms with Crippen LogP contribution in [0.3, 0.4) is 0 Å². The lowest BCUT2D eigenvalue weighted by atomic mass is 10.1. The molecule has 1 atom stereocenters. The Bertz CT molecular complexity index is 339. The van der Waals surface area contributed by atoms with Crippen LogP contribution in [-0.4, -0.2) is 19.3 Å². The van der Waals surface area contributed by atoms with Gasteiger partial charge in [-0.05, 0) is 34.0 Å². The highest BCUT2D eigenvalue weighted by molar-refractivity contribution is 9.10. The first-order valence-corrected chi connectivity index (χ1v) is 5.53. The summed E-state index contributed by atoms with van der Waals surface area (Å²) < 4.78 is 11.1. The second-order valence-electron chi connectivity index (χ2n) is 3.13. The first kappa shape index (κ1) is 12.3. The van der Waals surface area contributed by atoms with Gasteiger partial charge in [0.1, 0.15) is 0 Å². The molecule has 0 fully saturated rings. The molecule has 0 aliphatic carbocycles. The van der Waals surface area contributed by atoms with Crippen molar-refractivity contribution in [3.05, 3.63) is 22.2 Å². The molecule has 0 heterocycles. The van der Waals surface area contributed by atoms with Crippen LogP contribution in [0.2, 0.25) is 0 Å². The van der Waals surface area contributed by atoms with Gasteiger partial charge in [0.25, 0.3) is 0 Å². The van der Waals surface area contributed by atoms with E-state index in [1.807, 2.05) is 13.0 Å². The Kier molecular flexibility index (Phi) is 4.42. The molecule has 1 N–H and O–H groups in total. The highest BCUT2D eigenvalue weighted by Gasteiger charge is 2.16. The van der Waals surface area contributed by atoms with Crippen molar-refractivity contribution in [2.45, 2.75) is 19.4 Å². The molecule has 1 unspecified atom stereocenters. The quantitative estimate of drug-likeness (QED) is 0.918. The van der Waals surface area contributed by atoms with Gasteiger partial charge in [0.05, 0.1) is 24.8 Å². The van der Waals surface area contributed by atoms with E-state index in [9.17, 15) is 5.11 Å². The lowest BCUT2D eigenvalue weighted by Crippen LogP contribution is -2.00. The summed E-state index contributed by atoms with van der Waals surface area (Å²) in [7, 11) is 3.16. The Labute approximate surface area is 98.1 Å². The van der Waals surface area contributed by atoms with Gasteiger partial charge in [-0.1, -0.05) is 13.0 Å². The predicted molar refractivity (Wildman–Crippen MR) is 62.5 cm³/mol. The second-order valence-corrected chi connectivity index (χ2v) is 3.92. The molecule has 1 aromatic rings. The lowest BCUT2D eigenvalue weighted by Gasteiger charge is -2.15. The van der Waals surface area contributed by atoms with Crippen molar-refractivity contribution in [1.82, 2.24) is 0 Å². The molecule has 0 saturated heterocycles. The zero-order chi connectivity index (χ0) is 11.4. The van der Waals surface area contributed by atoms with Crippen LogP contribution >= 0.6 is 15.9 Å². The van der Waals surface area contributed by atoms with Gasteiger partial charge in [-0.15, -0.1) is 0 Å². The lowest BCUT2D eigenvalue weighted by molar-refractivity contribution is 0.172. The minimum absolute atomic E-state index is 0.487. The van der Waals surface area contributed by atoms with Crippen LogP contribution in [0.15, 0.2) is 16.6 Å². The summed E-state index contributed by atoms with van der Waals surface area (Å²) in [5.74, 6) is 1.26. The summed E-state index contributed by atoms with van der Waals surface area (Å²) in [5, 5.41) is 9.77. The van der Waals surface area contributed by atoms with Crippen LogP contribution in [0.1, 0.15) is 25.0 Å². The van der Waals surface area contributed by atoms with Crippen LogP contribution in [-0.2, 0) is 0 Å². The van der Waals surface area contributed by atoms with Crippen molar-refractivity contribution in [1.29, 1.82) is 0 Å². The molecule has 0 radical (unpaired) electrons. The van der Waals surface area contributed by atoms with E-state index < -0.39 is 6.10 Å². The Morgan fingerprint density at radius 1 is 1.33 bits per heavy atom. The van der Waals surface area contributed by atoms with Crippen molar-refractivity contribution in [3.63, 3.8) is 0 Å². The van der Waals surface area contributed by atoms with Crippen LogP contribution in [0.5, 0.6) is 11.5 Å². The summed E-state index contributed by atoms with van der Waals surface area (Å²) in [5.41, 5.74) is 0.815. The average Bonchev–Trinajstić information content (AvgIpc) is 2.27. The molecule has 0 spiro atoms. The number of halogens is 1. The zero-order valence-corrected chi connectivity index (χ0v) is 10.7. The summed E-state index contributed by atoms with van der Waals surface area (Å²) in [4.78, 5) is 0. The topological polar surface area (TPSA) is 38.7 Å². The third kappa shape index (κ3) is 2.44. The monoisotopic (exact) mass is 274 g/mol. The fourth-order valence-corrected chi connectivity index (χ4v) is 2.14. The normalized spacial score (nSPS) is 12.3. The molecule has 0 amide bonds. The Morgan fingerprint density at radius 3 is 2.47 bits per heavy atom. The van der Waals surface area contributed by atoms with Gasteiger partial charge in [0, 0.05) is 0 Å². The van der Waals surface area contributed by atoms with Crippen molar-refractivity contribution < 1.29 is 14.6 Å². The number of benzene rings is 1. The maximum atomic E-state index is 9.77. The number of rotatable bonds is 4. The minimum Gasteiger partial charge on any atom is -0.493 e. The van der Waals surface area contributed by atoms with E-state index in [2.05, 4.69) is 15.9 Å². The molecule has 1 aromatic carbocycles. The summed E-state index contributed by atoms with van der Waals surface area (Å²) in [6.45, 7) is 1.92. The number of aliphatic hydroxyl groups excluding tert-OH is 1. The van der Waals surface area contributed by atoms with Gasteiger partial charge in [-0.25, -0.2) is 0 Å². The van der Waals surface area contributed by atoms with Crippen molar-refractivity contribution >= 4 is 15.9 Å². The number of aliphatic hydroxyl groups is 1. The molecule has 0 saturated carbocycles. The predicted octanol–water partition coefficient (Wildman–Crippen LogP) is 2.91. The van der Waals surface area contributed by atoms with Gasteiger partial charge in [-0.2, -0.15) is 0 Å². The van der Waals surface area contributed by atoms with Gasteiger partial charge in [0.2, 0.25) is 0 Å². The largest absolute Gasteiger partial charge is 0.493 e. The van der Waals surface area contributed by atoms with Crippen molar-refractivity contribution in [3.8, 4) is 11.5 Å². The highest BCUT2D eigenvalue weighted by atomic mass is 79.9. The maximum absolute atomic E-state index is 9.77. The average molecular weight is 275 g/mol. The smallest absolute Gasteiger partial charge is 0.175 e. The van der Waals surface area contributed by atoms with E-state index in [0.29, 0.717) is 17.9 Å². The van der Waals surface area contributed by atoms with Gasteiger partial charge >= 0.3 is 0 Å². The minimum atomic E-state index is -0.487. The van der Waals surface area contributed by atoms with E-state index in [0.717, 1.165) is 10.0 Å². The molecule has 0 aliphatic heterocycles. The first-order chi connectivity index (χ1) is 7.15. The molecular formula is C11H15BrO3. The van der Waals surface area contributed by atoms with Gasteiger partial charge in [0.15, 0.2) is 11.5 Å². The number of methoxy groups -OCH3 is 2. The third-order valence-corrected chi connectivity index (χ3v) is 3.08. The Balaban J connectivity index is 3.22. The van der Waals surface area contributed by atoms with Crippen molar-refractivity contribution in [2.24, 2.45) is 0 Å². The maximum Gasteiger partial charge on any atom is 0.175 e. The molecule has 4 heteroatoms. The molecule has 0 bridgehead atoms. The molecule has 3 nitrogen and oxygen atoms in total. The summed E-state index contributed by atoms with van der Waals surface area (Å²) >= 11 is 3.41. The Morgan fingerprint density at radius 2 is 2.00 bits per heavy atom. The third-order valence-electron chi connectivity index (χ3n) is 2.26. The van der Waals surface area contributed by atoms with Crippen LogP contribution < -0.4 is 9.47 Å². The van der Waals surface area contributed by atoms with Crippen LogP contribution in [0.25, 0.3) is 0 Å². The van der Waals surface area contributed by atoms with Crippen molar-refractivity contribution in [2.75, 3.05) is 14.2 Å². The van der Waals surface area contributed by atoms with E-state index in [4.69, 9.17) is 9.47 Å².